The van der Waals surface area contributed by atoms with Crippen molar-refractivity contribution in [2.24, 2.45) is 0 Å². The van der Waals surface area contributed by atoms with Crippen LogP contribution in [0.5, 0.6) is 0 Å². The lowest BCUT2D eigenvalue weighted by molar-refractivity contribution is 0.0875. The second-order valence-corrected chi connectivity index (χ2v) is 4.87. The molecule has 0 radical (unpaired) electrons. The zero-order valence-corrected chi connectivity index (χ0v) is 10.6. The van der Waals surface area contributed by atoms with Crippen molar-refractivity contribution in [1.82, 2.24) is 15.0 Å². The highest BCUT2D eigenvalue weighted by Gasteiger charge is 2.30. The Hall–Kier alpha value is -0.940. The summed E-state index contributed by atoms with van der Waals surface area (Å²) in [5, 5.41) is 12.7. The number of nitrogens with zero attached hydrogens (tertiary/aromatic N) is 3. The van der Waals surface area contributed by atoms with Crippen LogP contribution in [0.4, 0.5) is 0 Å². The highest BCUT2D eigenvalue weighted by molar-refractivity contribution is 4.96. The first-order valence-corrected chi connectivity index (χ1v) is 6.41. The topological polar surface area (TPSA) is 62.4 Å². The van der Waals surface area contributed by atoms with Crippen LogP contribution in [0.3, 0.4) is 0 Å². The second kappa shape index (κ2) is 5.60. The van der Waals surface area contributed by atoms with Gasteiger partial charge in [0.15, 0.2) is 5.82 Å². The Balaban J connectivity index is 2.11. The molecule has 0 saturated carbocycles. The molecular weight excluding hydrogens is 218 g/mol. The fourth-order valence-corrected chi connectivity index (χ4v) is 2.44. The summed E-state index contributed by atoms with van der Waals surface area (Å²) in [5.41, 5.74) is 0. The van der Waals surface area contributed by atoms with E-state index in [1.54, 1.807) is 0 Å². The maximum absolute atomic E-state index is 8.85. The minimum absolute atomic E-state index is 0.0670. The smallest absolute Gasteiger partial charge is 0.244 e. The van der Waals surface area contributed by atoms with E-state index in [9.17, 15) is 0 Å². The molecule has 2 rings (SSSR count). The summed E-state index contributed by atoms with van der Waals surface area (Å²) in [7, 11) is 0. The third kappa shape index (κ3) is 2.84. The SMILES string of the molecule is CC(C)N1CCCCC1c1nc(CCO)no1. The molecule has 0 spiro atoms. The van der Waals surface area contributed by atoms with Gasteiger partial charge in [-0.2, -0.15) is 4.98 Å². The van der Waals surface area contributed by atoms with Gasteiger partial charge in [-0.25, -0.2) is 0 Å². The minimum atomic E-state index is 0.0670. The number of aromatic nitrogens is 2. The van der Waals surface area contributed by atoms with E-state index >= 15 is 0 Å². The monoisotopic (exact) mass is 239 g/mol. The number of aliphatic hydroxyl groups excluding tert-OH is 1. The van der Waals surface area contributed by atoms with Crippen molar-refractivity contribution in [1.29, 1.82) is 0 Å². The standard InChI is InChI=1S/C12H21N3O2/c1-9(2)15-7-4-3-5-10(15)12-13-11(6-8-16)14-17-12/h9-10,16H,3-8H2,1-2H3. The first-order valence-electron chi connectivity index (χ1n) is 6.41. The van der Waals surface area contributed by atoms with Gasteiger partial charge in [0, 0.05) is 12.5 Å². The van der Waals surface area contributed by atoms with Gasteiger partial charge in [0.1, 0.15) is 0 Å². The van der Waals surface area contributed by atoms with Gasteiger partial charge < -0.3 is 9.63 Å². The van der Waals surface area contributed by atoms with Crippen LogP contribution < -0.4 is 0 Å². The summed E-state index contributed by atoms with van der Waals surface area (Å²) >= 11 is 0. The van der Waals surface area contributed by atoms with Crippen molar-refractivity contribution >= 4 is 0 Å². The van der Waals surface area contributed by atoms with Crippen LogP contribution in [0.1, 0.15) is 50.9 Å². The van der Waals surface area contributed by atoms with Crippen molar-refractivity contribution in [2.75, 3.05) is 13.2 Å². The molecule has 1 atom stereocenters. The molecule has 1 aliphatic rings. The van der Waals surface area contributed by atoms with Gasteiger partial charge in [-0.1, -0.05) is 11.6 Å². The average molecular weight is 239 g/mol. The fourth-order valence-electron chi connectivity index (χ4n) is 2.44. The number of piperidine rings is 1. The molecular formula is C12H21N3O2. The summed E-state index contributed by atoms with van der Waals surface area (Å²) in [6.45, 7) is 5.56. The lowest BCUT2D eigenvalue weighted by atomic mass is 10.0. The zero-order valence-electron chi connectivity index (χ0n) is 10.6. The molecule has 1 unspecified atom stereocenters. The van der Waals surface area contributed by atoms with Gasteiger partial charge in [0.25, 0.3) is 0 Å². The quantitative estimate of drug-likeness (QED) is 0.863. The molecule has 5 heteroatoms. The summed E-state index contributed by atoms with van der Waals surface area (Å²) in [5.74, 6) is 1.32. The Morgan fingerprint density at radius 2 is 2.29 bits per heavy atom. The Labute approximate surface area is 102 Å². The third-order valence-electron chi connectivity index (χ3n) is 3.31. The molecule has 0 aliphatic carbocycles. The van der Waals surface area contributed by atoms with E-state index in [0.717, 1.165) is 13.0 Å². The average Bonchev–Trinajstić information content (AvgIpc) is 2.78. The molecule has 96 valence electrons. The van der Waals surface area contributed by atoms with Gasteiger partial charge in [0.05, 0.1) is 12.6 Å². The Bertz CT molecular complexity index is 351. The molecule has 1 aromatic rings. The summed E-state index contributed by atoms with van der Waals surface area (Å²) in [4.78, 5) is 6.79. The molecule has 0 bridgehead atoms. The van der Waals surface area contributed by atoms with E-state index in [-0.39, 0.29) is 12.6 Å². The number of rotatable bonds is 4. The number of likely N-dealkylation sites (tertiary alicyclic amines) is 1. The summed E-state index contributed by atoms with van der Waals surface area (Å²) in [6, 6.07) is 0.747. The van der Waals surface area contributed by atoms with E-state index in [4.69, 9.17) is 9.63 Å². The molecule has 1 saturated heterocycles. The highest BCUT2D eigenvalue weighted by atomic mass is 16.5. The zero-order chi connectivity index (χ0) is 12.3. The number of hydrogen-bond acceptors (Lipinski definition) is 5. The molecule has 2 heterocycles. The van der Waals surface area contributed by atoms with Crippen LogP contribution in [0.15, 0.2) is 4.52 Å². The molecule has 0 aromatic carbocycles. The van der Waals surface area contributed by atoms with E-state index < -0.39 is 0 Å². The van der Waals surface area contributed by atoms with Crippen molar-refractivity contribution < 1.29 is 9.63 Å². The van der Waals surface area contributed by atoms with Crippen LogP contribution in [-0.4, -0.2) is 39.3 Å². The molecule has 17 heavy (non-hydrogen) atoms. The van der Waals surface area contributed by atoms with E-state index in [1.807, 2.05) is 0 Å². The first kappa shape index (κ1) is 12.5. The van der Waals surface area contributed by atoms with Crippen molar-refractivity contribution in [2.45, 2.75) is 51.6 Å². The summed E-state index contributed by atoms with van der Waals surface area (Å²) in [6.07, 6.45) is 4.01. The van der Waals surface area contributed by atoms with Crippen molar-refractivity contribution in [3.63, 3.8) is 0 Å². The fraction of sp³-hybridized carbons (Fsp3) is 0.833. The van der Waals surface area contributed by atoms with E-state index in [1.165, 1.54) is 12.8 Å². The van der Waals surface area contributed by atoms with Gasteiger partial charge >= 0.3 is 0 Å². The largest absolute Gasteiger partial charge is 0.396 e. The Kier molecular flexibility index (Phi) is 4.12. The van der Waals surface area contributed by atoms with Crippen LogP contribution in [-0.2, 0) is 6.42 Å². The molecule has 5 nitrogen and oxygen atoms in total. The van der Waals surface area contributed by atoms with Crippen LogP contribution >= 0.6 is 0 Å². The van der Waals surface area contributed by atoms with Crippen LogP contribution in [0, 0.1) is 0 Å². The number of aliphatic hydroxyl groups is 1. The molecule has 0 amide bonds. The molecule has 1 aliphatic heterocycles. The molecule has 1 aromatic heterocycles. The van der Waals surface area contributed by atoms with Gasteiger partial charge in [0.2, 0.25) is 5.89 Å². The second-order valence-electron chi connectivity index (χ2n) is 4.87. The van der Waals surface area contributed by atoms with Crippen molar-refractivity contribution in [3.05, 3.63) is 11.7 Å². The first-order chi connectivity index (χ1) is 8.22. The van der Waals surface area contributed by atoms with Gasteiger partial charge in [-0.3, -0.25) is 4.90 Å². The Morgan fingerprint density at radius 1 is 1.47 bits per heavy atom. The number of hydrogen-bond donors (Lipinski definition) is 1. The predicted octanol–water partition coefficient (Wildman–Crippen LogP) is 1.54. The molecule has 1 fully saturated rings. The van der Waals surface area contributed by atoms with Gasteiger partial charge in [-0.15, -0.1) is 0 Å². The maximum Gasteiger partial charge on any atom is 0.244 e. The minimum Gasteiger partial charge on any atom is -0.396 e. The lowest BCUT2D eigenvalue weighted by Gasteiger charge is -2.36. The highest BCUT2D eigenvalue weighted by Crippen LogP contribution is 2.31. The lowest BCUT2D eigenvalue weighted by Crippen LogP contribution is -2.38. The van der Waals surface area contributed by atoms with Crippen molar-refractivity contribution in [3.8, 4) is 0 Å². The third-order valence-corrected chi connectivity index (χ3v) is 3.31. The predicted molar refractivity (Wildman–Crippen MR) is 63.5 cm³/mol. The molecule has 1 N–H and O–H groups in total. The normalized spacial score (nSPS) is 22.2. The summed E-state index contributed by atoms with van der Waals surface area (Å²) < 4.78 is 5.32. The van der Waals surface area contributed by atoms with Gasteiger partial charge in [-0.05, 0) is 33.2 Å². The van der Waals surface area contributed by atoms with Crippen LogP contribution in [0.2, 0.25) is 0 Å². The maximum atomic E-state index is 8.85. The van der Waals surface area contributed by atoms with E-state index in [2.05, 4.69) is 28.9 Å². The Morgan fingerprint density at radius 3 is 3.00 bits per heavy atom. The van der Waals surface area contributed by atoms with E-state index in [0.29, 0.717) is 24.2 Å². The van der Waals surface area contributed by atoms with Crippen LogP contribution in [0.25, 0.3) is 0 Å².